The number of anilines is 3. The van der Waals surface area contributed by atoms with Gasteiger partial charge in [0.15, 0.2) is 0 Å². The van der Waals surface area contributed by atoms with Gasteiger partial charge in [0.2, 0.25) is 0 Å². The Kier molecular flexibility index (Phi) is 4.24. The predicted octanol–water partition coefficient (Wildman–Crippen LogP) is 7.85. The summed E-state index contributed by atoms with van der Waals surface area (Å²) in [6.07, 6.45) is 1.08. The molecule has 1 heteroatoms. The first-order chi connectivity index (χ1) is 14.2. The lowest BCUT2D eigenvalue weighted by Gasteiger charge is -2.29. The molecule has 4 aromatic rings. The number of nitrogens with zero attached hydrogens (tertiary/aromatic N) is 1. The minimum atomic E-state index is 0.0426. The fourth-order valence-electron chi connectivity index (χ4n) is 4.69. The highest BCUT2D eigenvalue weighted by Crippen LogP contribution is 2.52. The van der Waals surface area contributed by atoms with Crippen molar-refractivity contribution in [2.75, 3.05) is 4.90 Å². The lowest BCUT2D eigenvalue weighted by atomic mass is 9.78. The van der Waals surface area contributed by atoms with Gasteiger partial charge in [0.05, 0.1) is 0 Å². The molecule has 0 spiro atoms. The SMILES string of the molecule is CCC1(C)c2ccccc2-c2ccc(N(c3ccccc3)c3ccccc3)cc21. The van der Waals surface area contributed by atoms with E-state index in [9.17, 15) is 0 Å². The van der Waals surface area contributed by atoms with Crippen molar-refractivity contribution in [1.82, 2.24) is 0 Å². The summed E-state index contributed by atoms with van der Waals surface area (Å²) < 4.78 is 0. The Morgan fingerprint density at radius 1 is 0.586 bits per heavy atom. The number of hydrogen-bond donors (Lipinski definition) is 0. The van der Waals surface area contributed by atoms with E-state index >= 15 is 0 Å². The molecule has 0 aromatic heterocycles. The third-order valence-electron chi connectivity index (χ3n) is 6.40. The van der Waals surface area contributed by atoms with Crippen LogP contribution in [-0.2, 0) is 5.41 Å². The molecule has 1 aliphatic carbocycles. The number of rotatable bonds is 4. The van der Waals surface area contributed by atoms with Gasteiger partial charge in [0, 0.05) is 22.5 Å². The summed E-state index contributed by atoms with van der Waals surface area (Å²) in [4.78, 5) is 2.35. The average molecular weight is 376 g/mol. The first-order valence-corrected chi connectivity index (χ1v) is 10.4. The van der Waals surface area contributed by atoms with E-state index in [-0.39, 0.29) is 5.41 Å². The summed E-state index contributed by atoms with van der Waals surface area (Å²) >= 11 is 0. The normalized spacial score (nSPS) is 16.9. The molecule has 1 nitrogen and oxygen atoms in total. The van der Waals surface area contributed by atoms with Crippen LogP contribution in [0.1, 0.15) is 31.4 Å². The number of hydrogen-bond acceptors (Lipinski definition) is 1. The van der Waals surface area contributed by atoms with Crippen LogP contribution < -0.4 is 4.90 Å². The summed E-state index contributed by atoms with van der Waals surface area (Å²) in [5.41, 5.74) is 9.21. The summed E-state index contributed by atoms with van der Waals surface area (Å²) in [7, 11) is 0. The first kappa shape index (κ1) is 17.8. The highest BCUT2D eigenvalue weighted by molar-refractivity contribution is 5.85. The Hall–Kier alpha value is -3.32. The quantitative estimate of drug-likeness (QED) is 0.351. The second-order valence-electron chi connectivity index (χ2n) is 7.97. The summed E-state index contributed by atoms with van der Waals surface area (Å²) in [6.45, 7) is 4.68. The third kappa shape index (κ3) is 2.77. The lowest BCUT2D eigenvalue weighted by molar-refractivity contribution is 0.564. The molecule has 1 atom stereocenters. The monoisotopic (exact) mass is 375 g/mol. The van der Waals surface area contributed by atoms with Crippen LogP contribution in [0.3, 0.4) is 0 Å². The number of para-hydroxylation sites is 2. The first-order valence-electron chi connectivity index (χ1n) is 10.4. The molecular formula is C28H25N. The van der Waals surface area contributed by atoms with E-state index < -0.39 is 0 Å². The van der Waals surface area contributed by atoms with E-state index in [1.165, 1.54) is 39.3 Å². The number of benzene rings is 4. The minimum Gasteiger partial charge on any atom is -0.310 e. The Bertz CT molecular complexity index is 1110. The van der Waals surface area contributed by atoms with Gasteiger partial charge in [-0.25, -0.2) is 0 Å². The summed E-state index contributed by atoms with van der Waals surface area (Å²) in [6, 6.07) is 37.1. The molecule has 0 heterocycles. The van der Waals surface area contributed by atoms with Gasteiger partial charge in [-0.15, -0.1) is 0 Å². The Morgan fingerprint density at radius 3 is 1.76 bits per heavy atom. The molecule has 0 radical (unpaired) electrons. The van der Waals surface area contributed by atoms with E-state index in [1.807, 2.05) is 0 Å². The molecule has 0 bridgehead atoms. The van der Waals surface area contributed by atoms with E-state index in [0.717, 1.165) is 6.42 Å². The van der Waals surface area contributed by atoms with E-state index in [4.69, 9.17) is 0 Å². The topological polar surface area (TPSA) is 3.24 Å². The van der Waals surface area contributed by atoms with Crippen LogP contribution in [0.25, 0.3) is 11.1 Å². The maximum atomic E-state index is 2.40. The predicted molar refractivity (Wildman–Crippen MR) is 123 cm³/mol. The highest BCUT2D eigenvalue weighted by atomic mass is 15.1. The van der Waals surface area contributed by atoms with Gasteiger partial charge in [0.1, 0.15) is 0 Å². The van der Waals surface area contributed by atoms with Gasteiger partial charge < -0.3 is 4.90 Å². The Labute approximate surface area is 173 Å². The smallest absolute Gasteiger partial charge is 0.0465 e. The summed E-state index contributed by atoms with van der Waals surface area (Å²) in [5, 5.41) is 0. The molecule has 0 amide bonds. The maximum Gasteiger partial charge on any atom is 0.0465 e. The fourth-order valence-corrected chi connectivity index (χ4v) is 4.69. The van der Waals surface area contributed by atoms with Gasteiger partial charge in [0.25, 0.3) is 0 Å². The molecule has 4 aromatic carbocycles. The zero-order chi connectivity index (χ0) is 19.8. The molecule has 0 saturated carbocycles. The van der Waals surface area contributed by atoms with Gasteiger partial charge in [-0.1, -0.05) is 80.6 Å². The fraction of sp³-hybridized carbons (Fsp3) is 0.143. The number of fused-ring (bicyclic) bond motifs is 3. The Balaban J connectivity index is 1.71. The molecule has 0 saturated heterocycles. The molecule has 142 valence electrons. The van der Waals surface area contributed by atoms with Gasteiger partial charge in [-0.2, -0.15) is 0 Å². The highest BCUT2D eigenvalue weighted by Gasteiger charge is 2.38. The van der Waals surface area contributed by atoms with E-state index in [0.29, 0.717) is 0 Å². The average Bonchev–Trinajstić information content (AvgIpc) is 3.05. The van der Waals surface area contributed by atoms with E-state index in [1.54, 1.807) is 0 Å². The van der Waals surface area contributed by atoms with Crippen LogP contribution >= 0.6 is 0 Å². The maximum absolute atomic E-state index is 2.40. The third-order valence-corrected chi connectivity index (χ3v) is 6.40. The molecule has 0 fully saturated rings. The van der Waals surface area contributed by atoms with Crippen molar-refractivity contribution in [3.8, 4) is 11.1 Å². The lowest BCUT2D eigenvalue weighted by Crippen LogP contribution is -2.20. The standard InChI is InChI=1S/C28H25N/c1-3-28(2)26-17-11-10-16-24(26)25-19-18-23(20-27(25)28)29(21-12-6-4-7-13-21)22-14-8-5-9-15-22/h4-20H,3H2,1-2H3. The largest absolute Gasteiger partial charge is 0.310 e. The summed E-state index contributed by atoms with van der Waals surface area (Å²) in [5.74, 6) is 0. The molecule has 1 aliphatic rings. The second kappa shape index (κ2) is 6.93. The van der Waals surface area contributed by atoms with Crippen molar-refractivity contribution in [2.24, 2.45) is 0 Å². The van der Waals surface area contributed by atoms with Crippen LogP contribution in [0.5, 0.6) is 0 Å². The zero-order valence-corrected chi connectivity index (χ0v) is 17.0. The van der Waals surface area contributed by atoms with Gasteiger partial charge in [-0.05, 0) is 65.1 Å². The van der Waals surface area contributed by atoms with Crippen molar-refractivity contribution >= 4 is 17.1 Å². The van der Waals surface area contributed by atoms with Crippen LogP contribution in [0, 0.1) is 0 Å². The minimum absolute atomic E-state index is 0.0426. The second-order valence-corrected chi connectivity index (χ2v) is 7.97. The molecule has 1 unspecified atom stereocenters. The molecule has 0 N–H and O–H groups in total. The van der Waals surface area contributed by atoms with Crippen LogP contribution in [0.4, 0.5) is 17.1 Å². The molecule has 5 rings (SSSR count). The van der Waals surface area contributed by atoms with Gasteiger partial charge in [-0.3, -0.25) is 0 Å². The zero-order valence-electron chi connectivity index (χ0n) is 17.0. The Morgan fingerprint density at radius 2 is 1.14 bits per heavy atom. The molecule has 29 heavy (non-hydrogen) atoms. The van der Waals surface area contributed by atoms with Crippen molar-refractivity contribution in [1.29, 1.82) is 0 Å². The van der Waals surface area contributed by atoms with Gasteiger partial charge >= 0.3 is 0 Å². The van der Waals surface area contributed by atoms with Crippen molar-refractivity contribution in [3.63, 3.8) is 0 Å². The van der Waals surface area contributed by atoms with Crippen molar-refractivity contribution in [3.05, 3.63) is 114 Å². The molecular weight excluding hydrogens is 350 g/mol. The van der Waals surface area contributed by atoms with Crippen LogP contribution in [0.2, 0.25) is 0 Å². The van der Waals surface area contributed by atoms with Crippen molar-refractivity contribution < 1.29 is 0 Å². The van der Waals surface area contributed by atoms with Crippen LogP contribution in [0.15, 0.2) is 103 Å². The molecule has 0 aliphatic heterocycles. The van der Waals surface area contributed by atoms with Crippen molar-refractivity contribution in [2.45, 2.75) is 25.7 Å². The van der Waals surface area contributed by atoms with E-state index in [2.05, 4.69) is 122 Å². The van der Waals surface area contributed by atoms with Crippen LogP contribution in [-0.4, -0.2) is 0 Å².